The number of benzene rings is 1. The van der Waals surface area contributed by atoms with E-state index in [1.54, 1.807) is 24.8 Å². The van der Waals surface area contributed by atoms with Crippen molar-refractivity contribution in [3.8, 4) is 0 Å². The van der Waals surface area contributed by atoms with E-state index in [1.165, 1.54) is 12.1 Å². The van der Waals surface area contributed by atoms with Gasteiger partial charge in [-0.3, -0.25) is 4.79 Å². The zero-order valence-electron chi connectivity index (χ0n) is 14.2. The van der Waals surface area contributed by atoms with Gasteiger partial charge in [0.1, 0.15) is 5.82 Å². The van der Waals surface area contributed by atoms with E-state index < -0.39 is 6.10 Å². The minimum absolute atomic E-state index is 0.137. The van der Waals surface area contributed by atoms with Crippen molar-refractivity contribution in [3.63, 3.8) is 0 Å². The molecular formula is C19H21FN4O2. The summed E-state index contributed by atoms with van der Waals surface area (Å²) in [5.41, 5.74) is 1.49. The smallest absolute Gasteiger partial charge is 0.224 e. The van der Waals surface area contributed by atoms with Gasteiger partial charge in [0, 0.05) is 36.0 Å². The number of halogens is 1. The summed E-state index contributed by atoms with van der Waals surface area (Å²) < 4.78 is 15.3. The number of aromatic nitrogens is 3. The molecule has 0 spiro atoms. The summed E-state index contributed by atoms with van der Waals surface area (Å²) in [6, 6.07) is 4.24. The number of amides is 1. The van der Waals surface area contributed by atoms with Crippen molar-refractivity contribution in [2.75, 3.05) is 0 Å². The third kappa shape index (κ3) is 3.48. The van der Waals surface area contributed by atoms with Crippen LogP contribution in [0.5, 0.6) is 0 Å². The average molecular weight is 356 g/mol. The number of H-pyrrole nitrogens is 1. The van der Waals surface area contributed by atoms with Gasteiger partial charge < -0.3 is 20.0 Å². The molecule has 1 aliphatic carbocycles. The number of nitrogens with one attached hydrogen (secondary N) is 2. The molecule has 26 heavy (non-hydrogen) atoms. The van der Waals surface area contributed by atoms with Crippen molar-refractivity contribution in [2.45, 2.75) is 38.0 Å². The molecule has 7 heteroatoms. The third-order valence-corrected chi connectivity index (χ3v) is 5.08. The second-order valence-corrected chi connectivity index (χ2v) is 7.02. The van der Waals surface area contributed by atoms with Crippen LogP contribution in [0.1, 0.15) is 18.4 Å². The van der Waals surface area contributed by atoms with Gasteiger partial charge in [-0.15, -0.1) is 0 Å². The van der Waals surface area contributed by atoms with Gasteiger partial charge in [-0.05, 0) is 42.5 Å². The van der Waals surface area contributed by atoms with E-state index in [4.69, 9.17) is 0 Å². The summed E-state index contributed by atoms with van der Waals surface area (Å²) in [7, 11) is 0. The van der Waals surface area contributed by atoms with Gasteiger partial charge in [0.15, 0.2) is 0 Å². The van der Waals surface area contributed by atoms with E-state index in [1.807, 2.05) is 10.8 Å². The maximum absolute atomic E-state index is 13.3. The molecule has 1 amide bonds. The van der Waals surface area contributed by atoms with Gasteiger partial charge in [0.25, 0.3) is 0 Å². The fraction of sp³-hybridized carbons (Fsp3) is 0.368. The molecule has 1 saturated carbocycles. The summed E-state index contributed by atoms with van der Waals surface area (Å²) in [4.78, 5) is 19.4. The first-order valence-electron chi connectivity index (χ1n) is 8.77. The standard InChI is InChI=1S/C19H21FN4O2/c20-14-1-2-15-13(9-22-16(15)8-14)7-19(26)23-17-5-12(6-18(17)25)10-24-4-3-21-11-24/h1-4,8-9,11-12,17-18,22,25H,5-7,10H2,(H,23,26)/t12?,17-,18-/m1/s1. The molecule has 4 rings (SSSR count). The van der Waals surface area contributed by atoms with Crippen molar-refractivity contribution in [2.24, 2.45) is 5.92 Å². The molecule has 1 aromatic carbocycles. The van der Waals surface area contributed by atoms with Crippen LogP contribution in [-0.2, 0) is 17.8 Å². The number of nitrogens with zero attached hydrogens (tertiary/aromatic N) is 2. The van der Waals surface area contributed by atoms with Crippen LogP contribution in [0.3, 0.4) is 0 Å². The van der Waals surface area contributed by atoms with Gasteiger partial charge in [0.05, 0.1) is 24.9 Å². The summed E-state index contributed by atoms with van der Waals surface area (Å²) in [5.74, 6) is -0.142. The quantitative estimate of drug-likeness (QED) is 0.654. The molecule has 0 saturated heterocycles. The second-order valence-electron chi connectivity index (χ2n) is 7.02. The van der Waals surface area contributed by atoms with Gasteiger partial charge in [-0.2, -0.15) is 0 Å². The lowest BCUT2D eigenvalue weighted by atomic mass is 10.1. The average Bonchev–Trinajstić information content (AvgIpc) is 3.31. The highest BCUT2D eigenvalue weighted by atomic mass is 19.1. The molecule has 2 aromatic heterocycles. The van der Waals surface area contributed by atoms with Crippen molar-refractivity contribution in [1.82, 2.24) is 19.9 Å². The van der Waals surface area contributed by atoms with Crippen molar-refractivity contribution >= 4 is 16.8 Å². The maximum Gasteiger partial charge on any atom is 0.224 e. The Balaban J connectivity index is 1.36. The Morgan fingerprint density at radius 2 is 2.31 bits per heavy atom. The fourth-order valence-corrected chi connectivity index (χ4v) is 3.85. The highest BCUT2D eigenvalue weighted by molar-refractivity contribution is 5.89. The van der Waals surface area contributed by atoms with E-state index in [-0.39, 0.29) is 24.2 Å². The predicted molar refractivity (Wildman–Crippen MR) is 94.8 cm³/mol. The number of carbonyl (C=O) groups is 1. The van der Waals surface area contributed by atoms with Gasteiger partial charge in [-0.25, -0.2) is 9.37 Å². The molecule has 1 fully saturated rings. The van der Waals surface area contributed by atoms with E-state index in [0.717, 1.165) is 23.9 Å². The molecule has 2 heterocycles. The predicted octanol–water partition coefficient (Wildman–Crippen LogP) is 2.00. The van der Waals surface area contributed by atoms with Crippen LogP contribution in [0.2, 0.25) is 0 Å². The summed E-state index contributed by atoms with van der Waals surface area (Å²) in [6.07, 6.45) is 8.19. The molecular weight excluding hydrogens is 335 g/mol. The topological polar surface area (TPSA) is 82.9 Å². The SMILES string of the molecule is O=C(Cc1c[nH]c2cc(F)ccc12)N[C@@H]1CC(Cn2ccnc2)C[C@H]1O. The van der Waals surface area contributed by atoms with E-state index >= 15 is 0 Å². The summed E-state index contributed by atoms with van der Waals surface area (Å²) in [6.45, 7) is 0.789. The number of aliphatic hydroxyl groups is 1. The normalized spacial score (nSPS) is 22.8. The van der Waals surface area contributed by atoms with Gasteiger partial charge in [-0.1, -0.05) is 0 Å². The Morgan fingerprint density at radius 1 is 1.42 bits per heavy atom. The molecule has 0 aliphatic heterocycles. The van der Waals surface area contributed by atoms with E-state index in [2.05, 4.69) is 15.3 Å². The molecule has 0 radical (unpaired) electrons. The third-order valence-electron chi connectivity index (χ3n) is 5.08. The number of imidazole rings is 1. The Labute approximate surface area is 150 Å². The zero-order chi connectivity index (χ0) is 18.1. The van der Waals surface area contributed by atoms with Crippen molar-refractivity contribution in [3.05, 3.63) is 54.5 Å². The lowest BCUT2D eigenvalue weighted by Gasteiger charge is -2.16. The highest BCUT2D eigenvalue weighted by Crippen LogP contribution is 2.28. The molecule has 3 atom stereocenters. The van der Waals surface area contributed by atoms with Crippen molar-refractivity contribution in [1.29, 1.82) is 0 Å². The lowest BCUT2D eigenvalue weighted by molar-refractivity contribution is -0.121. The second kappa shape index (κ2) is 6.92. The fourth-order valence-electron chi connectivity index (χ4n) is 3.85. The molecule has 1 aliphatic rings. The Kier molecular flexibility index (Phi) is 4.46. The molecule has 6 nitrogen and oxygen atoms in total. The Morgan fingerprint density at radius 3 is 3.12 bits per heavy atom. The Bertz CT molecular complexity index is 906. The number of carbonyl (C=O) groups excluding carboxylic acids is 1. The summed E-state index contributed by atoms with van der Waals surface area (Å²) in [5, 5.41) is 14.1. The largest absolute Gasteiger partial charge is 0.391 e. The van der Waals surface area contributed by atoms with Crippen LogP contribution >= 0.6 is 0 Å². The highest BCUT2D eigenvalue weighted by Gasteiger charge is 2.34. The number of hydrogen-bond acceptors (Lipinski definition) is 3. The molecule has 3 aromatic rings. The van der Waals surface area contributed by atoms with Crippen LogP contribution in [-0.4, -0.2) is 37.7 Å². The monoisotopic (exact) mass is 356 g/mol. The van der Waals surface area contributed by atoms with Crippen LogP contribution < -0.4 is 5.32 Å². The minimum atomic E-state index is -0.537. The van der Waals surface area contributed by atoms with E-state index in [9.17, 15) is 14.3 Å². The first-order chi connectivity index (χ1) is 12.6. The van der Waals surface area contributed by atoms with Gasteiger partial charge in [0.2, 0.25) is 5.91 Å². The van der Waals surface area contributed by atoms with Crippen LogP contribution in [0.25, 0.3) is 10.9 Å². The molecule has 3 N–H and O–H groups in total. The number of fused-ring (bicyclic) bond motifs is 1. The lowest BCUT2D eigenvalue weighted by Crippen LogP contribution is -2.40. The zero-order valence-corrected chi connectivity index (χ0v) is 14.2. The molecule has 0 bridgehead atoms. The number of aliphatic hydroxyl groups excluding tert-OH is 1. The van der Waals surface area contributed by atoms with Gasteiger partial charge >= 0.3 is 0 Å². The van der Waals surface area contributed by atoms with Crippen LogP contribution in [0.4, 0.5) is 4.39 Å². The van der Waals surface area contributed by atoms with E-state index in [0.29, 0.717) is 17.9 Å². The molecule has 1 unspecified atom stereocenters. The maximum atomic E-state index is 13.3. The van der Waals surface area contributed by atoms with Crippen LogP contribution in [0, 0.1) is 11.7 Å². The molecule has 136 valence electrons. The first kappa shape index (κ1) is 16.8. The summed E-state index contributed by atoms with van der Waals surface area (Å²) >= 11 is 0. The number of aromatic amines is 1. The number of rotatable bonds is 5. The first-order valence-corrected chi connectivity index (χ1v) is 8.77. The number of hydrogen-bond donors (Lipinski definition) is 3. The van der Waals surface area contributed by atoms with Crippen molar-refractivity contribution < 1.29 is 14.3 Å². The minimum Gasteiger partial charge on any atom is -0.391 e. The Hall–Kier alpha value is -2.67. The van der Waals surface area contributed by atoms with Crippen LogP contribution in [0.15, 0.2) is 43.1 Å².